The third-order valence-electron chi connectivity index (χ3n) is 2.67. The number of halogens is 1. The Morgan fingerprint density at radius 3 is 2.80 bits per heavy atom. The molecule has 20 heavy (non-hydrogen) atoms. The minimum atomic E-state index is -0.573. The van der Waals surface area contributed by atoms with Crippen LogP contribution in [-0.4, -0.2) is 22.8 Å². The highest BCUT2D eigenvalue weighted by Crippen LogP contribution is 2.22. The van der Waals surface area contributed by atoms with Gasteiger partial charge in [0.15, 0.2) is 0 Å². The number of urea groups is 1. The quantitative estimate of drug-likeness (QED) is 0.854. The van der Waals surface area contributed by atoms with Crippen molar-refractivity contribution in [3.05, 3.63) is 36.0 Å². The van der Waals surface area contributed by atoms with Gasteiger partial charge in [-0.25, -0.2) is 4.79 Å². The first kappa shape index (κ1) is 14.3. The first-order chi connectivity index (χ1) is 9.60. The predicted molar refractivity (Wildman–Crippen MR) is 79.0 cm³/mol. The molecule has 1 heterocycles. The van der Waals surface area contributed by atoms with Crippen LogP contribution in [0.15, 0.2) is 30.3 Å². The van der Waals surface area contributed by atoms with Crippen molar-refractivity contribution in [1.29, 1.82) is 0 Å². The fourth-order valence-electron chi connectivity index (χ4n) is 1.84. The number of carbonyl (C=O) groups is 2. The van der Waals surface area contributed by atoms with E-state index in [-0.39, 0.29) is 12.3 Å². The lowest BCUT2D eigenvalue weighted by Crippen LogP contribution is -2.34. The number of alkyl halides is 1. The second kappa shape index (κ2) is 6.34. The Morgan fingerprint density at radius 1 is 1.30 bits per heavy atom. The lowest BCUT2D eigenvalue weighted by atomic mass is 10.1. The Morgan fingerprint density at radius 2 is 2.05 bits per heavy atom. The van der Waals surface area contributed by atoms with Crippen LogP contribution in [0, 0.1) is 6.92 Å². The maximum absolute atomic E-state index is 11.7. The molecule has 3 amide bonds. The van der Waals surface area contributed by atoms with Gasteiger partial charge >= 0.3 is 6.03 Å². The average molecular weight is 292 g/mol. The summed E-state index contributed by atoms with van der Waals surface area (Å²) in [4.78, 5) is 27.4. The molecule has 0 saturated heterocycles. The summed E-state index contributed by atoms with van der Waals surface area (Å²) in [6, 6.07) is 8.65. The van der Waals surface area contributed by atoms with Crippen LogP contribution in [0.3, 0.4) is 0 Å². The second-order valence-electron chi connectivity index (χ2n) is 4.27. The van der Waals surface area contributed by atoms with Crippen LogP contribution in [0.25, 0.3) is 10.9 Å². The molecule has 0 aliphatic heterocycles. The molecular formula is C14H14ClN3O2. The molecule has 1 aromatic heterocycles. The van der Waals surface area contributed by atoms with Gasteiger partial charge in [0.1, 0.15) is 0 Å². The van der Waals surface area contributed by atoms with Crippen LogP contribution < -0.4 is 10.6 Å². The minimum absolute atomic E-state index is 0.102. The van der Waals surface area contributed by atoms with Gasteiger partial charge in [-0.2, -0.15) is 0 Å². The standard InChI is InChI=1S/C14H14ClN3O2/c1-9-8-12(10-4-2-3-5-11(10)16-9)17-14(20)18-13(19)6-7-15/h2-5,8H,6-7H2,1H3,(H2,16,17,18,19,20). The maximum atomic E-state index is 11.7. The Hall–Kier alpha value is -2.14. The van der Waals surface area contributed by atoms with Gasteiger partial charge in [0.25, 0.3) is 0 Å². The van der Waals surface area contributed by atoms with Crippen LogP contribution in [0.2, 0.25) is 0 Å². The molecule has 2 N–H and O–H groups in total. The number of aryl methyl sites for hydroxylation is 1. The van der Waals surface area contributed by atoms with Gasteiger partial charge < -0.3 is 5.32 Å². The number of fused-ring (bicyclic) bond motifs is 1. The number of anilines is 1. The molecule has 0 radical (unpaired) electrons. The molecule has 0 saturated carbocycles. The summed E-state index contributed by atoms with van der Waals surface area (Å²) in [5.41, 5.74) is 2.19. The highest BCUT2D eigenvalue weighted by atomic mass is 35.5. The van der Waals surface area contributed by atoms with Crippen molar-refractivity contribution in [3.63, 3.8) is 0 Å². The normalized spacial score (nSPS) is 10.3. The van der Waals surface area contributed by atoms with Crippen LogP contribution >= 0.6 is 11.6 Å². The number of para-hydroxylation sites is 1. The van der Waals surface area contributed by atoms with Crippen molar-refractivity contribution in [2.75, 3.05) is 11.2 Å². The van der Waals surface area contributed by atoms with Crippen molar-refractivity contribution >= 4 is 40.1 Å². The van der Waals surface area contributed by atoms with Gasteiger partial charge in [0.05, 0.1) is 11.2 Å². The highest BCUT2D eigenvalue weighted by molar-refractivity contribution is 6.19. The molecule has 5 nitrogen and oxygen atoms in total. The molecule has 2 rings (SSSR count). The summed E-state index contributed by atoms with van der Waals surface area (Å²) in [5, 5.41) is 5.70. The number of nitrogens with zero attached hydrogens (tertiary/aromatic N) is 1. The van der Waals surface area contributed by atoms with Crippen LogP contribution in [0.5, 0.6) is 0 Å². The van der Waals surface area contributed by atoms with Crippen LogP contribution in [-0.2, 0) is 4.79 Å². The van der Waals surface area contributed by atoms with Crippen LogP contribution in [0.4, 0.5) is 10.5 Å². The van der Waals surface area contributed by atoms with E-state index in [4.69, 9.17) is 11.6 Å². The summed E-state index contributed by atoms with van der Waals surface area (Å²) < 4.78 is 0. The minimum Gasteiger partial charge on any atom is -0.307 e. The van der Waals surface area contributed by atoms with Gasteiger partial charge in [-0.15, -0.1) is 11.6 Å². The van der Waals surface area contributed by atoms with E-state index < -0.39 is 11.9 Å². The fourth-order valence-corrected chi connectivity index (χ4v) is 2.01. The smallest absolute Gasteiger partial charge is 0.307 e. The third kappa shape index (κ3) is 3.45. The van der Waals surface area contributed by atoms with Gasteiger partial charge in [-0.05, 0) is 19.1 Å². The summed E-state index contributed by atoms with van der Waals surface area (Å²) in [7, 11) is 0. The zero-order chi connectivity index (χ0) is 14.5. The first-order valence-corrected chi connectivity index (χ1v) is 6.67. The molecule has 2 aromatic rings. The number of pyridine rings is 1. The molecule has 0 fully saturated rings. The molecular weight excluding hydrogens is 278 g/mol. The fraction of sp³-hybridized carbons (Fsp3) is 0.214. The van der Waals surface area contributed by atoms with Gasteiger partial charge in [-0.1, -0.05) is 18.2 Å². The number of hydrogen-bond acceptors (Lipinski definition) is 3. The van der Waals surface area contributed by atoms with E-state index in [1.54, 1.807) is 6.07 Å². The third-order valence-corrected chi connectivity index (χ3v) is 2.86. The van der Waals surface area contributed by atoms with Crippen molar-refractivity contribution in [2.45, 2.75) is 13.3 Å². The molecule has 0 unspecified atom stereocenters. The van der Waals surface area contributed by atoms with E-state index >= 15 is 0 Å². The summed E-state index contributed by atoms with van der Waals surface area (Å²) in [6.45, 7) is 1.84. The summed E-state index contributed by atoms with van der Waals surface area (Å²) in [6.07, 6.45) is 0.102. The van der Waals surface area contributed by atoms with Crippen molar-refractivity contribution in [3.8, 4) is 0 Å². The zero-order valence-corrected chi connectivity index (χ0v) is 11.7. The molecule has 0 atom stereocenters. The number of amides is 3. The van der Waals surface area contributed by atoms with Gasteiger partial charge in [-0.3, -0.25) is 15.1 Å². The molecule has 0 aliphatic rings. The topological polar surface area (TPSA) is 71.1 Å². The Bertz CT molecular complexity index is 658. The van der Waals surface area contributed by atoms with Crippen LogP contribution in [0.1, 0.15) is 12.1 Å². The number of carbonyl (C=O) groups excluding carboxylic acids is 2. The molecule has 6 heteroatoms. The lowest BCUT2D eigenvalue weighted by Gasteiger charge is -2.10. The Kier molecular flexibility index (Phi) is 4.53. The van der Waals surface area contributed by atoms with Gasteiger partial charge in [0, 0.05) is 23.4 Å². The van der Waals surface area contributed by atoms with E-state index in [1.807, 2.05) is 31.2 Å². The molecule has 0 aliphatic carbocycles. The van der Waals surface area contributed by atoms with E-state index in [1.165, 1.54) is 0 Å². The van der Waals surface area contributed by atoms with E-state index in [0.717, 1.165) is 16.6 Å². The van der Waals surface area contributed by atoms with E-state index in [9.17, 15) is 9.59 Å². The number of imide groups is 1. The Balaban J connectivity index is 2.21. The number of benzene rings is 1. The maximum Gasteiger partial charge on any atom is 0.325 e. The second-order valence-corrected chi connectivity index (χ2v) is 4.65. The van der Waals surface area contributed by atoms with Gasteiger partial charge in [0.2, 0.25) is 5.91 Å². The SMILES string of the molecule is Cc1cc(NC(=O)NC(=O)CCCl)c2ccccc2n1. The average Bonchev–Trinajstić information content (AvgIpc) is 2.38. The van der Waals surface area contributed by atoms with E-state index in [0.29, 0.717) is 5.69 Å². The summed E-state index contributed by atoms with van der Waals surface area (Å²) >= 11 is 5.44. The number of rotatable bonds is 3. The number of aromatic nitrogens is 1. The first-order valence-electron chi connectivity index (χ1n) is 6.13. The predicted octanol–water partition coefficient (Wildman–Crippen LogP) is 2.82. The van der Waals surface area contributed by atoms with Crippen molar-refractivity contribution in [1.82, 2.24) is 10.3 Å². The Labute approximate surface area is 121 Å². The molecule has 0 bridgehead atoms. The molecule has 104 valence electrons. The molecule has 1 aromatic carbocycles. The van der Waals surface area contributed by atoms with Crippen molar-refractivity contribution < 1.29 is 9.59 Å². The zero-order valence-electron chi connectivity index (χ0n) is 10.9. The molecule has 0 spiro atoms. The van der Waals surface area contributed by atoms with Crippen molar-refractivity contribution in [2.24, 2.45) is 0 Å². The monoisotopic (exact) mass is 291 g/mol. The number of hydrogen-bond donors (Lipinski definition) is 2. The summed E-state index contributed by atoms with van der Waals surface area (Å²) in [5.74, 6) is -0.233. The van der Waals surface area contributed by atoms with E-state index in [2.05, 4.69) is 15.6 Å². The number of nitrogens with one attached hydrogen (secondary N) is 2. The largest absolute Gasteiger partial charge is 0.325 e. The lowest BCUT2D eigenvalue weighted by molar-refractivity contribution is -0.119. The highest BCUT2D eigenvalue weighted by Gasteiger charge is 2.10.